The Kier molecular flexibility index (Phi) is 8.33. The molecule has 5 heterocycles. The molecule has 1 aromatic carbocycles. The third-order valence-corrected chi connectivity index (χ3v) is 7.61. The zero-order valence-electron chi connectivity index (χ0n) is 23.6. The summed E-state index contributed by atoms with van der Waals surface area (Å²) in [6.07, 6.45) is -0.293. The van der Waals surface area contributed by atoms with Gasteiger partial charge < -0.3 is 25.0 Å². The predicted octanol–water partition coefficient (Wildman–Crippen LogP) is 1.23. The van der Waals surface area contributed by atoms with Gasteiger partial charge in [0.2, 0.25) is 17.9 Å². The molecule has 0 radical (unpaired) electrons. The van der Waals surface area contributed by atoms with Gasteiger partial charge in [-0.2, -0.15) is 15.0 Å². The Hall–Kier alpha value is -3.66. The third kappa shape index (κ3) is 5.95. The van der Waals surface area contributed by atoms with Crippen molar-refractivity contribution in [3.05, 3.63) is 35.9 Å². The van der Waals surface area contributed by atoms with Crippen molar-refractivity contribution in [2.24, 2.45) is 15.7 Å². The number of alkyl halides is 2. The average molecular weight is 584 g/mol. The second-order valence-electron chi connectivity index (χ2n) is 10.6. The van der Waals surface area contributed by atoms with E-state index < -0.39 is 17.8 Å². The number of benzene rings is 1. The lowest BCUT2D eigenvalue weighted by molar-refractivity contribution is 0.0369. The normalized spacial score (nSPS) is 21.7. The second kappa shape index (κ2) is 12.3. The Morgan fingerprint density at radius 2 is 1.69 bits per heavy atom. The highest BCUT2D eigenvalue weighted by atomic mass is 19.3. The number of morpholine rings is 2. The second-order valence-corrected chi connectivity index (χ2v) is 10.6. The molecule has 6 rings (SSSR count). The summed E-state index contributed by atoms with van der Waals surface area (Å²) in [6, 6.07) is 6.88. The molecule has 2 saturated heterocycles. The molecule has 2 aromatic heterocycles. The summed E-state index contributed by atoms with van der Waals surface area (Å²) in [6.45, 7) is 7.42. The topological polar surface area (TPSA) is 135 Å². The van der Waals surface area contributed by atoms with E-state index in [9.17, 15) is 8.78 Å². The van der Waals surface area contributed by atoms with Crippen molar-refractivity contribution in [3.63, 3.8) is 0 Å². The number of imidazole rings is 1. The standard InChI is InChI=1S/C27H35F2N11O2/c1-37(7-4-8-38-9-13-41-14-10-38)24-31-17-27(30,18-32-24)23-34-25(39-11-15-42-16-12-39)36-26(35-23)40-20-6-3-2-5-19(20)33-22(40)21(28)29/h2-3,5-6,17,21H,4,7-16,18,30H2,1H3. The Balaban J connectivity index is 1.28. The molecule has 1 atom stereocenters. The van der Waals surface area contributed by atoms with E-state index in [2.05, 4.69) is 29.8 Å². The number of hydrogen-bond donors (Lipinski definition) is 1. The smallest absolute Gasteiger partial charge is 0.296 e. The highest BCUT2D eigenvalue weighted by Crippen LogP contribution is 2.28. The number of aliphatic imine (C=N–C) groups is 2. The summed E-state index contributed by atoms with van der Waals surface area (Å²) in [4.78, 5) is 33.7. The maximum absolute atomic E-state index is 14.2. The highest BCUT2D eigenvalue weighted by molar-refractivity contribution is 5.92. The fraction of sp³-hybridized carbons (Fsp3) is 0.556. The number of nitrogens with zero attached hydrogens (tertiary/aromatic N) is 10. The fourth-order valence-corrected chi connectivity index (χ4v) is 5.23. The zero-order chi connectivity index (χ0) is 29.1. The van der Waals surface area contributed by atoms with Gasteiger partial charge in [0.05, 0.1) is 44.0 Å². The summed E-state index contributed by atoms with van der Waals surface area (Å²) < 4.78 is 40.6. The predicted molar refractivity (Wildman–Crippen MR) is 154 cm³/mol. The minimum Gasteiger partial charge on any atom is -0.379 e. The molecule has 2 N–H and O–H groups in total. The summed E-state index contributed by atoms with van der Waals surface area (Å²) in [7, 11) is 1.95. The number of para-hydroxylation sites is 2. The van der Waals surface area contributed by atoms with E-state index in [1.165, 1.54) is 4.57 Å². The third-order valence-electron chi connectivity index (χ3n) is 7.61. The molecule has 3 aliphatic heterocycles. The maximum Gasteiger partial charge on any atom is 0.296 e. The van der Waals surface area contributed by atoms with Crippen LogP contribution in [0, 0.1) is 0 Å². The van der Waals surface area contributed by atoms with Crippen molar-refractivity contribution >= 4 is 29.2 Å². The first kappa shape index (κ1) is 28.5. The van der Waals surface area contributed by atoms with Crippen molar-refractivity contribution in [2.75, 3.05) is 84.2 Å². The molecule has 0 saturated carbocycles. The molecule has 15 heteroatoms. The molecular weight excluding hydrogens is 548 g/mol. The van der Waals surface area contributed by atoms with Gasteiger partial charge in [0.1, 0.15) is 5.54 Å². The number of fused-ring (bicyclic) bond motifs is 1. The van der Waals surface area contributed by atoms with Crippen LogP contribution in [0.1, 0.15) is 24.5 Å². The van der Waals surface area contributed by atoms with E-state index in [0.29, 0.717) is 49.2 Å². The maximum atomic E-state index is 14.2. The van der Waals surface area contributed by atoms with Gasteiger partial charge >= 0.3 is 0 Å². The van der Waals surface area contributed by atoms with E-state index >= 15 is 0 Å². The van der Waals surface area contributed by atoms with Crippen LogP contribution in [0.25, 0.3) is 17.0 Å². The molecule has 42 heavy (non-hydrogen) atoms. The van der Waals surface area contributed by atoms with Crippen LogP contribution in [-0.2, 0) is 15.0 Å². The van der Waals surface area contributed by atoms with E-state index in [-0.39, 0.29) is 18.3 Å². The SMILES string of the molecule is CN(CCCN1CCOCC1)C1=NCC(N)(c2nc(N3CCOCC3)nc(-n3c(C(F)F)nc4ccccc43)n2)C=N1. The monoisotopic (exact) mass is 583 g/mol. The van der Waals surface area contributed by atoms with Crippen LogP contribution in [0.4, 0.5) is 14.7 Å². The summed E-state index contributed by atoms with van der Waals surface area (Å²) in [5.41, 5.74) is 6.41. The van der Waals surface area contributed by atoms with Gasteiger partial charge in [-0.1, -0.05) is 12.1 Å². The van der Waals surface area contributed by atoms with Crippen molar-refractivity contribution in [2.45, 2.75) is 18.4 Å². The van der Waals surface area contributed by atoms with Gasteiger partial charge in [-0.3, -0.25) is 9.47 Å². The minimum absolute atomic E-state index is 0.0127. The van der Waals surface area contributed by atoms with E-state index in [0.717, 1.165) is 45.8 Å². The highest BCUT2D eigenvalue weighted by Gasteiger charge is 2.35. The van der Waals surface area contributed by atoms with Crippen LogP contribution < -0.4 is 10.6 Å². The Morgan fingerprint density at radius 3 is 2.40 bits per heavy atom. The molecule has 0 bridgehead atoms. The van der Waals surface area contributed by atoms with Crippen molar-refractivity contribution in [3.8, 4) is 5.95 Å². The zero-order valence-corrected chi connectivity index (χ0v) is 23.6. The lowest BCUT2D eigenvalue weighted by atomic mass is 10.0. The molecule has 224 valence electrons. The number of hydrogen-bond acceptors (Lipinski definition) is 12. The Bertz CT molecular complexity index is 1450. The molecule has 3 aliphatic rings. The molecule has 0 spiro atoms. The van der Waals surface area contributed by atoms with Crippen molar-refractivity contribution < 1.29 is 18.3 Å². The molecule has 0 aliphatic carbocycles. The minimum atomic E-state index is -2.85. The number of anilines is 1. The van der Waals surface area contributed by atoms with Crippen LogP contribution in [0.2, 0.25) is 0 Å². The van der Waals surface area contributed by atoms with Crippen molar-refractivity contribution in [1.82, 2.24) is 34.3 Å². The van der Waals surface area contributed by atoms with Crippen molar-refractivity contribution in [1.29, 1.82) is 0 Å². The van der Waals surface area contributed by atoms with Crippen LogP contribution >= 0.6 is 0 Å². The first-order valence-corrected chi connectivity index (χ1v) is 14.2. The number of halogens is 2. The largest absolute Gasteiger partial charge is 0.379 e. The first-order valence-electron chi connectivity index (χ1n) is 14.2. The first-order chi connectivity index (χ1) is 20.4. The number of ether oxygens (including phenoxy) is 2. The van der Waals surface area contributed by atoms with Gasteiger partial charge in [0, 0.05) is 52.5 Å². The van der Waals surface area contributed by atoms with Gasteiger partial charge in [-0.05, 0) is 18.6 Å². The Morgan fingerprint density at radius 1 is 0.976 bits per heavy atom. The number of rotatable bonds is 8. The molecular formula is C27H35F2N11O2. The van der Waals surface area contributed by atoms with Crippen LogP contribution in [0.15, 0.2) is 34.3 Å². The van der Waals surface area contributed by atoms with Gasteiger partial charge in [0.15, 0.2) is 11.6 Å². The van der Waals surface area contributed by atoms with E-state index in [1.807, 2.05) is 16.8 Å². The summed E-state index contributed by atoms with van der Waals surface area (Å²) >= 11 is 0. The van der Waals surface area contributed by atoms with Crippen LogP contribution in [-0.4, -0.2) is 126 Å². The average Bonchev–Trinajstić information content (AvgIpc) is 3.42. The lowest BCUT2D eigenvalue weighted by Gasteiger charge is -2.31. The van der Waals surface area contributed by atoms with Crippen LogP contribution in [0.5, 0.6) is 0 Å². The van der Waals surface area contributed by atoms with E-state index in [1.54, 1.807) is 30.5 Å². The molecule has 1 unspecified atom stereocenters. The summed E-state index contributed by atoms with van der Waals surface area (Å²) in [5.74, 6) is 0.641. The van der Waals surface area contributed by atoms with Gasteiger partial charge in [0.25, 0.3) is 6.43 Å². The molecule has 0 amide bonds. The lowest BCUT2D eigenvalue weighted by Crippen LogP contribution is -2.48. The molecule has 3 aromatic rings. The van der Waals surface area contributed by atoms with Crippen LogP contribution in [0.3, 0.4) is 0 Å². The molecule has 13 nitrogen and oxygen atoms in total. The fourth-order valence-electron chi connectivity index (χ4n) is 5.23. The number of guanidine groups is 1. The summed E-state index contributed by atoms with van der Waals surface area (Å²) in [5, 5.41) is 0. The quantitative estimate of drug-likeness (QED) is 0.413. The Labute approximate surface area is 242 Å². The van der Waals surface area contributed by atoms with Gasteiger partial charge in [-0.15, -0.1) is 0 Å². The van der Waals surface area contributed by atoms with E-state index in [4.69, 9.17) is 20.2 Å². The number of aromatic nitrogens is 5. The van der Waals surface area contributed by atoms with Gasteiger partial charge in [-0.25, -0.2) is 23.7 Å². The number of nitrogens with two attached hydrogens (primary N) is 1. The molecule has 2 fully saturated rings.